The van der Waals surface area contributed by atoms with E-state index in [9.17, 15) is 0 Å². The Balaban J connectivity index is 1.98. The first-order chi connectivity index (χ1) is 10.2. The maximum Gasteiger partial charge on any atom is 0.141 e. The maximum atomic E-state index is 5.38. The molecular weight excluding hydrogens is 268 g/mol. The van der Waals surface area contributed by atoms with Crippen LogP contribution in [0.25, 0.3) is 0 Å². The van der Waals surface area contributed by atoms with E-state index < -0.39 is 0 Å². The van der Waals surface area contributed by atoms with Gasteiger partial charge in [0.15, 0.2) is 0 Å². The number of methoxy groups -OCH3 is 2. The fraction of sp³-hybridized carbons (Fsp3) is 0.467. The van der Waals surface area contributed by atoms with Crippen molar-refractivity contribution < 1.29 is 9.47 Å². The molecule has 0 fully saturated rings. The predicted octanol–water partition coefficient (Wildman–Crippen LogP) is 2.17. The molecule has 0 atom stereocenters. The molecule has 2 aromatic rings. The first kappa shape index (κ1) is 15.3. The van der Waals surface area contributed by atoms with Gasteiger partial charge in [0.25, 0.3) is 0 Å². The van der Waals surface area contributed by atoms with Gasteiger partial charge in [0, 0.05) is 24.2 Å². The zero-order valence-electron chi connectivity index (χ0n) is 13.0. The van der Waals surface area contributed by atoms with Crippen LogP contribution in [-0.2, 0) is 13.1 Å². The topological polar surface area (TPSA) is 61.2 Å². The third-order valence-electron chi connectivity index (χ3n) is 3.23. The van der Waals surface area contributed by atoms with Crippen molar-refractivity contribution in [1.29, 1.82) is 0 Å². The first-order valence-corrected chi connectivity index (χ1v) is 6.95. The molecule has 0 aliphatic heterocycles. The average molecular weight is 290 g/mol. The van der Waals surface area contributed by atoms with Crippen LogP contribution in [0.4, 0.5) is 0 Å². The molecule has 1 heterocycles. The summed E-state index contributed by atoms with van der Waals surface area (Å²) in [6.07, 6.45) is 1.59. The first-order valence-electron chi connectivity index (χ1n) is 6.95. The lowest BCUT2D eigenvalue weighted by Crippen LogP contribution is -2.18. The van der Waals surface area contributed by atoms with Crippen molar-refractivity contribution in [2.45, 2.75) is 33.0 Å². The fourth-order valence-electron chi connectivity index (χ4n) is 2.14. The lowest BCUT2D eigenvalue weighted by Gasteiger charge is -2.12. The summed E-state index contributed by atoms with van der Waals surface area (Å²) in [5.41, 5.74) is 1.08. The Morgan fingerprint density at radius 1 is 1.19 bits per heavy atom. The number of nitrogens with one attached hydrogen (secondary N) is 1. The molecule has 0 radical (unpaired) electrons. The quantitative estimate of drug-likeness (QED) is 0.846. The molecule has 0 unspecified atom stereocenters. The van der Waals surface area contributed by atoms with Gasteiger partial charge >= 0.3 is 0 Å². The molecule has 6 heteroatoms. The Morgan fingerprint density at radius 3 is 2.67 bits per heavy atom. The fourth-order valence-corrected chi connectivity index (χ4v) is 2.14. The van der Waals surface area contributed by atoms with Crippen molar-refractivity contribution >= 4 is 0 Å². The maximum absolute atomic E-state index is 5.38. The highest BCUT2D eigenvalue weighted by atomic mass is 16.5. The number of benzene rings is 1. The number of aromatic nitrogens is 3. The van der Waals surface area contributed by atoms with Crippen molar-refractivity contribution in [2.24, 2.45) is 0 Å². The van der Waals surface area contributed by atoms with Gasteiger partial charge in [0.1, 0.15) is 23.7 Å². The summed E-state index contributed by atoms with van der Waals surface area (Å²) in [5, 5.41) is 7.59. The van der Waals surface area contributed by atoms with Crippen LogP contribution in [0.2, 0.25) is 0 Å². The number of rotatable bonds is 7. The minimum atomic E-state index is 0.305. The Morgan fingerprint density at radius 2 is 2.00 bits per heavy atom. The molecule has 0 saturated heterocycles. The van der Waals surface area contributed by atoms with E-state index in [1.807, 2.05) is 22.9 Å². The van der Waals surface area contributed by atoms with Gasteiger partial charge in [0.2, 0.25) is 0 Å². The summed E-state index contributed by atoms with van der Waals surface area (Å²) in [6.45, 7) is 5.53. The summed E-state index contributed by atoms with van der Waals surface area (Å²) in [6, 6.07) is 6.11. The lowest BCUT2D eigenvalue weighted by molar-refractivity contribution is 0.389. The average Bonchev–Trinajstić information content (AvgIpc) is 2.96. The van der Waals surface area contributed by atoms with Crippen molar-refractivity contribution in [2.75, 3.05) is 14.2 Å². The number of hydrogen-bond acceptors (Lipinski definition) is 5. The van der Waals surface area contributed by atoms with Gasteiger partial charge in [-0.25, -0.2) is 9.67 Å². The molecule has 21 heavy (non-hydrogen) atoms. The molecule has 114 valence electrons. The Labute approximate surface area is 125 Å². The van der Waals surface area contributed by atoms with E-state index in [-0.39, 0.29) is 0 Å². The van der Waals surface area contributed by atoms with Gasteiger partial charge in [0.05, 0.1) is 20.8 Å². The number of nitrogens with zero attached hydrogens (tertiary/aromatic N) is 3. The van der Waals surface area contributed by atoms with Gasteiger partial charge in [-0.1, -0.05) is 6.07 Å². The third kappa shape index (κ3) is 3.72. The second-order valence-electron chi connectivity index (χ2n) is 5.00. The molecule has 0 bridgehead atoms. The highest BCUT2D eigenvalue weighted by Crippen LogP contribution is 2.24. The van der Waals surface area contributed by atoms with Crippen LogP contribution in [0.15, 0.2) is 24.5 Å². The second kappa shape index (κ2) is 7.08. The molecule has 1 aromatic heterocycles. The lowest BCUT2D eigenvalue weighted by atomic mass is 10.2. The Hall–Kier alpha value is -2.08. The van der Waals surface area contributed by atoms with Crippen LogP contribution in [-0.4, -0.2) is 29.0 Å². The summed E-state index contributed by atoms with van der Waals surface area (Å²) in [5.74, 6) is 2.53. The molecule has 0 spiro atoms. The van der Waals surface area contributed by atoms with Crippen LogP contribution in [0.5, 0.6) is 11.5 Å². The minimum absolute atomic E-state index is 0.305. The predicted molar refractivity (Wildman–Crippen MR) is 80.5 cm³/mol. The van der Waals surface area contributed by atoms with E-state index in [0.29, 0.717) is 19.1 Å². The van der Waals surface area contributed by atoms with Crippen molar-refractivity contribution in [3.63, 3.8) is 0 Å². The number of ether oxygens (including phenoxy) is 2. The van der Waals surface area contributed by atoms with E-state index in [0.717, 1.165) is 22.9 Å². The van der Waals surface area contributed by atoms with Crippen LogP contribution < -0.4 is 14.8 Å². The van der Waals surface area contributed by atoms with Crippen molar-refractivity contribution in [3.8, 4) is 11.5 Å². The highest BCUT2D eigenvalue weighted by molar-refractivity contribution is 5.40. The highest BCUT2D eigenvalue weighted by Gasteiger charge is 2.08. The van der Waals surface area contributed by atoms with Crippen molar-refractivity contribution in [3.05, 3.63) is 35.9 Å². The van der Waals surface area contributed by atoms with Gasteiger partial charge < -0.3 is 14.8 Å². The molecule has 0 saturated carbocycles. The van der Waals surface area contributed by atoms with Crippen LogP contribution in [0.3, 0.4) is 0 Å². The van der Waals surface area contributed by atoms with E-state index in [1.165, 1.54) is 0 Å². The smallest absolute Gasteiger partial charge is 0.141 e. The van der Waals surface area contributed by atoms with E-state index >= 15 is 0 Å². The molecule has 0 aliphatic rings. The zero-order valence-corrected chi connectivity index (χ0v) is 13.0. The number of hydrogen-bond donors (Lipinski definition) is 1. The van der Waals surface area contributed by atoms with Crippen LogP contribution in [0, 0.1) is 0 Å². The molecule has 6 nitrogen and oxygen atoms in total. The molecule has 1 aromatic carbocycles. The third-order valence-corrected chi connectivity index (χ3v) is 3.23. The Kier molecular flexibility index (Phi) is 5.16. The molecular formula is C15H22N4O2. The minimum Gasteiger partial charge on any atom is -0.497 e. The standard InChI is InChI=1S/C15H22N4O2/c1-11(2)19-15(17-10-18-19)9-16-8-12-5-6-13(20-3)7-14(12)21-4/h5-7,10-11,16H,8-9H2,1-4H3. The molecule has 2 rings (SSSR count). The molecule has 0 aliphatic carbocycles. The second-order valence-corrected chi connectivity index (χ2v) is 5.00. The van der Waals surface area contributed by atoms with E-state index in [4.69, 9.17) is 9.47 Å². The summed E-state index contributed by atoms with van der Waals surface area (Å²) >= 11 is 0. The van der Waals surface area contributed by atoms with Gasteiger partial charge in [-0.2, -0.15) is 5.10 Å². The summed E-state index contributed by atoms with van der Waals surface area (Å²) in [7, 11) is 3.30. The van der Waals surface area contributed by atoms with Gasteiger partial charge in [-0.15, -0.1) is 0 Å². The van der Waals surface area contributed by atoms with Crippen LogP contribution >= 0.6 is 0 Å². The Bertz CT molecular complexity index is 581. The zero-order chi connectivity index (χ0) is 15.2. The SMILES string of the molecule is COc1ccc(CNCc2ncnn2C(C)C)c(OC)c1. The summed E-state index contributed by atoms with van der Waals surface area (Å²) < 4.78 is 12.5. The van der Waals surface area contributed by atoms with E-state index in [1.54, 1.807) is 20.5 Å². The van der Waals surface area contributed by atoms with Crippen LogP contribution in [0.1, 0.15) is 31.3 Å². The normalized spacial score (nSPS) is 10.9. The molecule has 0 amide bonds. The molecule has 1 N–H and O–H groups in total. The summed E-state index contributed by atoms with van der Waals surface area (Å²) in [4.78, 5) is 4.28. The monoisotopic (exact) mass is 290 g/mol. The van der Waals surface area contributed by atoms with E-state index in [2.05, 4.69) is 29.2 Å². The van der Waals surface area contributed by atoms with Gasteiger partial charge in [-0.3, -0.25) is 0 Å². The largest absolute Gasteiger partial charge is 0.497 e. The van der Waals surface area contributed by atoms with Gasteiger partial charge in [-0.05, 0) is 19.9 Å². The van der Waals surface area contributed by atoms with Crippen molar-refractivity contribution in [1.82, 2.24) is 20.1 Å².